The van der Waals surface area contributed by atoms with Crippen LogP contribution in [-0.2, 0) is 6.42 Å². The van der Waals surface area contributed by atoms with Crippen LogP contribution in [0.5, 0.6) is 5.75 Å². The third-order valence-electron chi connectivity index (χ3n) is 2.67. The van der Waals surface area contributed by atoms with E-state index in [2.05, 4.69) is 13.8 Å². The highest BCUT2D eigenvalue weighted by molar-refractivity contribution is 6.31. The third kappa shape index (κ3) is 3.90. The van der Waals surface area contributed by atoms with Gasteiger partial charge in [0.1, 0.15) is 5.75 Å². The summed E-state index contributed by atoms with van der Waals surface area (Å²) in [5, 5.41) is 0.792. The molecule has 0 bridgehead atoms. The molecule has 0 amide bonds. The molecule has 0 aliphatic carbocycles. The zero-order valence-corrected chi connectivity index (χ0v) is 12.1. The Balaban J connectivity index is 3.19. The van der Waals surface area contributed by atoms with Crippen molar-refractivity contribution in [2.24, 2.45) is 5.73 Å². The molecule has 0 unspecified atom stereocenters. The molecular weight excluding hydrogens is 234 g/mol. The summed E-state index contributed by atoms with van der Waals surface area (Å²) in [5.74, 6) is 1.26. The van der Waals surface area contributed by atoms with Crippen LogP contribution in [0.3, 0.4) is 0 Å². The molecule has 0 radical (unpaired) electrons. The van der Waals surface area contributed by atoms with E-state index in [1.807, 2.05) is 26.0 Å². The van der Waals surface area contributed by atoms with Crippen molar-refractivity contribution in [3.8, 4) is 5.75 Å². The van der Waals surface area contributed by atoms with Crippen molar-refractivity contribution in [3.05, 3.63) is 28.3 Å². The van der Waals surface area contributed by atoms with Crippen molar-refractivity contribution in [2.45, 2.75) is 45.6 Å². The molecule has 0 heterocycles. The monoisotopic (exact) mass is 255 g/mol. The molecule has 0 aliphatic heterocycles. The van der Waals surface area contributed by atoms with Gasteiger partial charge in [-0.2, -0.15) is 0 Å². The zero-order valence-electron chi connectivity index (χ0n) is 11.3. The van der Waals surface area contributed by atoms with Gasteiger partial charge in [-0.15, -0.1) is 0 Å². The molecule has 0 saturated heterocycles. The minimum atomic E-state index is -0.268. The molecule has 0 spiro atoms. The van der Waals surface area contributed by atoms with Crippen molar-refractivity contribution in [3.63, 3.8) is 0 Å². The molecule has 96 valence electrons. The van der Waals surface area contributed by atoms with Crippen molar-refractivity contribution in [1.82, 2.24) is 0 Å². The molecule has 2 nitrogen and oxygen atoms in total. The Morgan fingerprint density at radius 1 is 1.35 bits per heavy atom. The number of ether oxygens (including phenoxy) is 1. The molecule has 1 rings (SSSR count). The standard InChI is InChI=1S/C14H22ClNO/c1-9(2)11-7-13(17-5)10(6-12(11)15)8-14(3,4)16/h6-7,9H,8,16H2,1-5H3. The number of halogens is 1. The highest BCUT2D eigenvalue weighted by atomic mass is 35.5. The van der Waals surface area contributed by atoms with Gasteiger partial charge in [-0.25, -0.2) is 0 Å². The zero-order chi connectivity index (χ0) is 13.2. The largest absolute Gasteiger partial charge is 0.496 e. The highest BCUT2D eigenvalue weighted by Crippen LogP contribution is 2.33. The second kappa shape index (κ2) is 5.28. The summed E-state index contributed by atoms with van der Waals surface area (Å²) in [4.78, 5) is 0. The molecule has 1 aromatic carbocycles. The van der Waals surface area contributed by atoms with Gasteiger partial charge in [0.2, 0.25) is 0 Å². The summed E-state index contributed by atoms with van der Waals surface area (Å²) in [6, 6.07) is 4.00. The molecular formula is C14H22ClNO. The Morgan fingerprint density at radius 3 is 2.35 bits per heavy atom. The molecule has 0 aromatic heterocycles. The van der Waals surface area contributed by atoms with Gasteiger partial charge in [0, 0.05) is 10.6 Å². The van der Waals surface area contributed by atoms with Crippen LogP contribution in [0.15, 0.2) is 12.1 Å². The second-order valence-electron chi connectivity index (χ2n) is 5.51. The predicted molar refractivity (Wildman–Crippen MR) is 74.1 cm³/mol. The van der Waals surface area contributed by atoms with Crippen LogP contribution < -0.4 is 10.5 Å². The first-order chi connectivity index (χ1) is 7.74. The average molecular weight is 256 g/mol. The number of nitrogens with two attached hydrogens (primary N) is 1. The van der Waals surface area contributed by atoms with Gasteiger partial charge in [-0.1, -0.05) is 25.4 Å². The molecule has 0 saturated carbocycles. The first-order valence-electron chi connectivity index (χ1n) is 5.90. The third-order valence-corrected chi connectivity index (χ3v) is 3.00. The Kier molecular flexibility index (Phi) is 4.45. The minimum Gasteiger partial charge on any atom is -0.496 e. The number of hydrogen-bond acceptors (Lipinski definition) is 2. The maximum Gasteiger partial charge on any atom is 0.122 e. The number of rotatable bonds is 4. The lowest BCUT2D eigenvalue weighted by Gasteiger charge is -2.21. The van der Waals surface area contributed by atoms with Gasteiger partial charge in [0.15, 0.2) is 0 Å². The van der Waals surface area contributed by atoms with E-state index >= 15 is 0 Å². The summed E-state index contributed by atoms with van der Waals surface area (Å²) in [5.41, 5.74) is 7.95. The number of benzene rings is 1. The molecule has 0 atom stereocenters. The van der Waals surface area contributed by atoms with Crippen molar-refractivity contribution in [2.75, 3.05) is 7.11 Å². The molecule has 17 heavy (non-hydrogen) atoms. The fraction of sp³-hybridized carbons (Fsp3) is 0.571. The number of methoxy groups -OCH3 is 1. The lowest BCUT2D eigenvalue weighted by Crippen LogP contribution is -2.34. The van der Waals surface area contributed by atoms with E-state index in [9.17, 15) is 0 Å². The summed E-state index contributed by atoms with van der Waals surface area (Å²) < 4.78 is 5.42. The van der Waals surface area contributed by atoms with E-state index in [-0.39, 0.29) is 5.54 Å². The molecule has 0 aliphatic rings. The van der Waals surface area contributed by atoms with E-state index in [0.29, 0.717) is 5.92 Å². The lowest BCUT2D eigenvalue weighted by atomic mass is 9.93. The van der Waals surface area contributed by atoms with Gasteiger partial charge < -0.3 is 10.5 Å². The predicted octanol–water partition coefficient (Wildman–Crippen LogP) is 3.75. The molecule has 1 aromatic rings. The summed E-state index contributed by atoms with van der Waals surface area (Å²) in [6.07, 6.45) is 0.744. The van der Waals surface area contributed by atoms with Crippen LogP contribution in [0.4, 0.5) is 0 Å². The first kappa shape index (κ1) is 14.3. The van der Waals surface area contributed by atoms with E-state index < -0.39 is 0 Å². The van der Waals surface area contributed by atoms with E-state index in [1.54, 1.807) is 7.11 Å². The van der Waals surface area contributed by atoms with E-state index in [4.69, 9.17) is 22.1 Å². The lowest BCUT2D eigenvalue weighted by molar-refractivity contribution is 0.401. The number of hydrogen-bond donors (Lipinski definition) is 1. The fourth-order valence-corrected chi connectivity index (χ4v) is 2.28. The van der Waals surface area contributed by atoms with E-state index in [1.165, 1.54) is 0 Å². The van der Waals surface area contributed by atoms with Crippen LogP contribution in [-0.4, -0.2) is 12.6 Å². The van der Waals surface area contributed by atoms with Crippen LogP contribution in [0.1, 0.15) is 44.7 Å². The normalized spacial score (nSPS) is 12.0. The van der Waals surface area contributed by atoms with Crippen LogP contribution in [0.25, 0.3) is 0 Å². The maximum atomic E-state index is 6.29. The molecule has 3 heteroatoms. The highest BCUT2D eigenvalue weighted by Gasteiger charge is 2.17. The van der Waals surface area contributed by atoms with Gasteiger partial charge in [-0.05, 0) is 49.4 Å². The Hall–Kier alpha value is -0.730. The van der Waals surface area contributed by atoms with Crippen LogP contribution in [0.2, 0.25) is 5.02 Å². The minimum absolute atomic E-state index is 0.268. The Labute approximate surface area is 109 Å². The first-order valence-corrected chi connectivity index (χ1v) is 6.27. The van der Waals surface area contributed by atoms with Crippen molar-refractivity contribution < 1.29 is 4.74 Å². The van der Waals surface area contributed by atoms with Crippen LogP contribution in [0, 0.1) is 0 Å². The SMILES string of the molecule is COc1cc(C(C)C)c(Cl)cc1CC(C)(C)N. The maximum absolute atomic E-state index is 6.29. The summed E-state index contributed by atoms with van der Waals surface area (Å²) >= 11 is 6.29. The van der Waals surface area contributed by atoms with Gasteiger partial charge in [-0.3, -0.25) is 0 Å². The van der Waals surface area contributed by atoms with Crippen molar-refractivity contribution in [1.29, 1.82) is 0 Å². The average Bonchev–Trinajstić information content (AvgIpc) is 2.14. The van der Waals surface area contributed by atoms with E-state index in [0.717, 1.165) is 28.3 Å². The molecule has 2 N–H and O–H groups in total. The topological polar surface area (TPSA) is 35.2 Å². The molecule has 0 fully saturated rings. The summed E-state index contributed by atoms with van der Waals surface area (Å²) in [6.45, 7) is 8.23. The fourth-order valence-electron chi connectivity index (χ4n) is 1.87. The van der Waals surface area contributed by atoms with Gasteiger partial charge in [0.25, 0.3) is 0 Å². The second-order valence-corrected chi connectivity index (χ2v) is 5.91. The van der Waals surface area contributed by atoms with Crippen LogP contribution >= 0.6 is 11.6 Å². The quantitative estimate of drug-likeness (QED) is 0.889. The van der Waals surface area contributed by atoms with Gasteiger partial charge >= 0.3 is 0 Å². The Bertz CT molecular complexity index is 394. The van der Waals surface area contributed by atoms with Crippen molar-refractivity contribution >= 4 is 11.6 Å². The van der Waals surface area contributed by atoms with Gasteiger partial charge in [0.05, 0.1) is 7.11 Å². The summed E-state index contributed by atoms with van der Waals surface area (Å²) in [7, 11) is 1.68. The Morgan fingerprint density at radius 2 is 1.94 bits per heavy atom. The smallest absolute Gasteiger partial charge is 0.122 e.